The zero-order valence-corrected chi connectivity index (χ0v) is 14.3. The summed E-state index contributed by atoms with van der Waals surface area (Å²) >= 11 is 0. The normalized spacial score (nSPS) is 11.0. The molecule has 3 nitrogen and oxygen atoms in total. The molecule has 21 heavy (non-hydrogen) atoms. The minimum atomic E-state index is 0.213. The Morgan fingerprint density at radius 1 is 1.14 bits per heavy atom. The summed E-state index contributed by atoms with van der Waals surface area (Å²) in [6.45, 7) is 13.0. The SMILES string of the molecule is Cc1cccc(OCCCC(=O)N(C(C)C)C(C)C)c1C. The van der Waals surface area contributed by atoms with Crippen molar-refractivity contribution in [1.82, 2.24) is 4.90 Å². The Bertz CT molecular complexity index is 458. The van der Waals surface area contributed by atoms with Crippen LogP contribution in [0.4, 0.5) is 0 Å². The second-order valence-electron chi connectivity index (χ2n) is 6.14. The summed E-state index contributed by atoms with van der Waals surface area (Å²) in [5.41, 5.74) is 2.41. The van der Waals surface area contributed by atoms with Crippen molar-refractivity contribution < 1.29 is 9.53 Å². The van der Waals surface area contributed by atoms with Gasteiger partial charge >= 0.3 is 0 Å². The smallest absolute Gasteiger partial charge is 0.223 e. The number of amides is 1. The van der Waals surface area contributed by atoms with Crippen LogP contribution in [0.25, 0.3) is 0 Å². The number of ether oxygens (including phenoxy) is 1. The second kappa shape index (κ2) is 8.06. The van der Waals surface area contributed by atoms with Crippen molar-refractivity contribution >= 4 is 5.91 Å². The maximum absolute atomic E-state index is 12.2. The van der Waals surface area contributed by atoms with Gasteiger partial charge in [-0.05, 0) is 65.2 Å². The minimum absolute atomic E-state index is 0.213. The zero-order chi connectivity index (χ0) is 16.0. The average Bonchev–Trinajstić information content (AvgIpc) is 2.38. The molecule has 1 aromatic rings. The van der Waals surface area contributed by atoms with Crippen LogP contribution in [0, 0.1) is 13.8 Å². The minimum Gasteiger partial charge on any atom is -0.493 e. The van der Waals surface area contributed by atoms with E-state index in [0.29, 0.717) is 13.0 Å². The van der Waals surface area contributed by atoms with Gasteiger partial charge in [0.2, 0.25) is 5.91 Å². The molecule has 0 spiro atoms. The highest BCUT2D eigenvalue weighted by Gasteiger charge is 2.19. The molecule has 0 saturated heterocycles. The largest absolute Gasteiger partial charge is 0.493 e. The van der Waals surface area contributed by atoms with Crippen molar-refractivity contribution in [2.24, 2.45) is 0 Å². The first-order chi connectivity index (χ1) is 9.84. The standard InChI is InChI=1S/C18H29NO2/c1-13(2)19(14(3)4)18(20)11-8-12-21-17-10-7-9-15(5)16(17)6/h7,9-10,13-14H,8,11-12H2,1-6H3. The molecule has 118 valence electrons. The molecule has 1 amide bonds. The highest BCUT2D eigenvalue weighted by molar-refractivity contribution is 5.76. The van der Waals surface area contributed by atoms with Crippen molar-refractivity contribution in [2.75, 3.05) is 6.61 Å². The topological polar surface area (TPSA) is 29.5 Å². The molecule has 3 heteroatoms. The first-order valence-corrected chi connectivity index (χ1v) is 7.84. The maximum Gasteiger partial charge on any atom is 0.223 e. The molecule has 0 bridgehead atoms. The van der Waals surface area contributed by atoms with Crippen molar-refractivity contribution in [3.8, 4) is 5.75 Å². The third-order valence-electron chi connectivity index (χ3n) is 3.75. The first kappa shape index (κ1) is 17.5. The van der Waals surface area contributed by atoms with Gasteiger partial charge in [-0.25, -0.2) is 0 Å². The lowest BCUT2D eigenvalue weighted by molar-refractivity contribution is -0.135. The molecule has 0 aliphatic heterocycles. The highest BCUT2D eigenvalue weighted by Crippen LogP contribution is 2.20. The van der Waals surface area contributed by atoms with Gasteiger partial charge < -0.3 is 9.64 Å². The van der Waals surface area contributed by atoms with E-state index in [0.717, 1.165) is 12.2 Å². The van der Waals surface area contributed by atoms with Gasteiger partial charge in [0.05, 0.1) is 6.61 Å². The molecule has 0 fully saturated rings. The van der Waals surface area contributed by atoms with E-state index in [1.807, 2.05) is 17.0 Å². The molecule has 0 aliphatic carbocycles. The summed E-state index contributed by atoms with van der Waals surface area (Å²) in [5.74, 6) is 1.14. The molecule has 0 aliphatic rings. The second-order valence-corrected chi connectivity index (χ2v) is 6.14. The van der Waals surface area contributed by atoms with Crippen LogP contribution in [0.15, 0.2) is 18.2 Å². The van der Waals surface area contributed by atoms with Gasteiger partial charge in [-0.1, -0.05) is 12.1 Å². The number of hydrogen-bond donors (Lipinski definition) is 0. The van der Waals surface area contributed by atoms with Crippen molar-refractivity contribution in [3.05, 3.63) is 29.3 Å². The van der Waals surface area contributed by atoms with Crippen LogP contribution in [-0.4, -0.2) is 29.5 Å². The molecule has 0 radical (unpaired) electrons. The van der Waals surface area contributed by atoms with Gasteiger partial charge in [-0.2, -0.15) is 0 Å². The van der Waals surface area contributed by atoms with E-state index in [4.69, 9.17) is 4.74 Å². The van der Waals surface area contributed by atoms with Crippen LogP contribution in [0.2, 0.25) is 0 Å². The molecule has 0 heterocycles. The number of carbonyl (C=O) groups is 1. The first-order valence-electron chi connectivity index (χ1n) is 7.84. The van der Waals surface area contributed by atoms with E-state index in [1.54, 1.807) is 0 Å². The predicted molar refractivity (Wildman–Crippen MR) is 87.8 cm³/mol. The Kier molecular flexibility index (Phi) is 6.73. The van der Waals surface area contributed by atoms with Crippen molar-refractivity contribution in [2.45, 2.75) is 66.5 Å². The number of aryl methyl sites for hydroxylation is 1. The van der Waals surface area contributed by atoms with Gasteiger partial charge in [0.15, 0.2) is 0 Å². The monoisotopic (exact) mass is 291 g/mol. The lowest BCUT2D eigenvalue weighted by Crippen LogP contribution is -2.42. The number of nitrogens with zero attached hydrogens (tertiary/aromatic N) is 1. The summed E-state index contributed by atoms with van der Waals surface area (Å²) in [4.78, 5) is 14.2. The maximum atomic E-state index is 12.2. The van der Waals surface area contributed by atoms with Crippen molar-refractivity contribution in [1.29, 1.82) is 0 Å². The lowest BCUT2D eigenvalue weighted by atomic mass is 10.1. The van der Waals surface area contributed by atoms with Gasteiger partial charge in [-0.3, -0.25) is 4.79 Å². The fourth-order valence-electron chi connectivity index (χ4n) is 2.59. The quantitative estimate of drug-likeness (QED) is 0.708. The number of rotatable bonds is 7. The van der Waals surface area contributed by atoms with E-state index in [2.05, 4.69) is 47.6 Å². The van der Waals surface area contributed by atoms with Gasteiger partial charge in [0.25, 0.3) is 0 Å². The van der Waals surface area contributed by atoms with Gasteiger partial charge in [0.1, 0.15) is 5.75 Å². The molecule has 1 rings (SSSR count). The van der Waals surface area contributed by atoms with Gasteiger partial charge in [0, 0.05) is 18.5 Å². The van der Waals surface area contributed by atoms with Crippen LogP contribution in [0.5, 0.6) is 5.75 Å². The summed E-state index contributed by atoms with van der Waals surface area (Å²) in [6, 6.07) is 6.56. The van der Waals surface area contributed by atoms with E-state index < -0.39 is 0 Å². The van der Waals surface area contributed by atoms with Crippen molar-refractivity contribution in [3.63, 3.8) is 0 Å². The van der Waals surface area contributed by atoms with Crippen LogP contribution in [0.3, 0.4) is 0 Å². The Hall–Kier alpha value is -1.51. The third-order valence-corrected chi connectivity index (χ3v) is 3.75. The molecule has 1 aromatic carbocycles. The fraction of sp³-hybridized carbons (Fsp3) is 0.611. The van der Waals surface area contributed by atoms with Crippen LogP contribution in [-0.2, 0) is 4.79 Å². The van der Waals surface area contributed by atoms with Crippen LogP contribution >= 0.6 is 0 Å². The summed E-state index contributed by atoms with van der Waals surface area (Å²) in [5, 5.41) is 0. The van der Waals surface area contributed by atoms with E-state index in [-0.39, 0.29) is 18.0 Å². The Balaban J connectivity index is 2.43. The van der Waals surface area contributed by atoms with Crippen LogP contribution in [0.1, 0.15) is 51.7 Å². The van der Waals surface area contributed by atoms with Crippen LogP contribution < -0.4 is 4.74 Å². The third kappa shape index (κ3) is 5.07. The fourth-order valence-corrected chi connectivity index (χ4v) is 2.59. The average molecular weight is 291 g/mol. The molecule has 0 unspecified atom stereocenters. The summed E-state index contributed by atoms with van der Waals surface area (Å²) in [7, 11) is 0. The Morgan fingerprint density at radius 3 is 2.33 bits per heavy atom. The van der Waals surface area contributed by atoms with E-state index >= 15 is 0 Å². The summed E-state index contributed by atoms with van der Waals surface area (Å²) in [6.07, 6.45) is 1.30. The molecule has 0 aromatic heterocycles. The molecule has 0 N–H and O–H groups in total. The Labute approximate surface area is 129 Å². The van der Waals surface area contributed by atoms with E-state index in [9.17, 15) is 4.79 Å². The summed E-state index contributed by atoms with van der Waals surface area (Å²) < 4.78 is 5.80. The molecule has 0 saturated carbocycles. The number of hydrogen-bond acceptors (Lipinski definition) is 2. The molecule has 0 atom stereocenters. The molecular weight excluding hydrogens is 262 g/mol. The lowest BCUT2D eigenvalue weighted by Gasteiger charge is -2.30. The Morgan fingerprint density at radius 2 is 1.76 bits per heavy atom. The number of carbonyl (C=O) groups excluding carboxylic acids is 1. The van der Waals surface area contributed by atoms with E-state index in [1.165, 1.54) is 11.1 Å². The highest BCUT2D eigenvalue weighted by atomic mass is 16.5. The number of benzene rings is 1. The molecular formula is C18H29NO2. The zero-order valence-electron chi connectivity index (χ0n) is 14.3. The van der Waals surface area contributed by atoms with Gasteiger partial charge in [-0.15, -0.1) is 0 Å². The predicted octanol–water partition coefficient (Wildman–Crippen LogP) is 4.11.